The fourth-order valence-corrected chi connectivity index (χ4v) is 4.85. The molecular weight excluding hydrogens is 504 g/mol. The third kappa shape index (κ3) is 5.15. The van der Waals surface area contributed by atoms with Gasteiger partial charge in [0.05, 0.1) is 32.3 Å². The van der Waals surface area contributed by atoms with Gasteiger partial charge in [0.15, 0.2) is 17.6 Å². The van der Waals surface area contributed by atoms with E-state index in [2.05, 4.69) is 17.2 Å². The number of phenols is 1. The summed E-state index contributed by atoms with van der Waals surface area (Å²) >= 11 is 5.66. The maximum atomic E-state index is 12.4. The molecule has 11 heteroatoms. The predicted octanol–water partition coefficient (Wildman–Crippen LogP) is 2.27. The second-order valence-corrected chi connectivity index (χ2v) is 8.96. The average molecular weight is 533 g/mol. The molecule has 1 aromatic carbocycles. The third-order valence-corrected chi connectivity index (χ3v) is 6.89. The Morgan fingerprint density at radius 2 is 2.05 bits per heavy atom. The minimum atomic E-state index is -0.765. The van der Waals surface area contributed by atoms with Crippen LogP contribution in [0.4, 0.5) is 0 Å². The SMILES string of the molecule is CO/C(C)=C(/CC#CC1=CC(=O)OC1C1c2c(O)c3c(c(CNC(=O)CCl)c2CCN1C)OCO3)OC. The summed E-state index contributed by atoms with van der Waals surface area (Å²) in [7, 11) is 4.98. The molecular formula is C26H29ClN2O8. The van der Waals surface area contributed by atoms with Crippen molar-refractivity contribution in [3.05, 3.63) is 39.9 Å². The van der Waals surface area contributed by atoms with Crippen LogP contribution >= 0.6 is 11.6 Å². The number of esters is 1. The number of likely N-dealkylation sites (N-methyl/N-ethyl adjacent to an activating group) is 1. The van der Waals surface area contributed by atoms with Crippen molar-refractivity contribution in [1.29, 1.82) is 0 Å². The Labute approximate surface area is 220 Å². The molecule has 2 atom stereocenters. The summed E-state index contributed by atoms with van der Waals surface area (Å²) in [5.41, 5.74) is 2.53. The van der Waals surface area contributed by atoms with Crippen LogP contribution in [0.3, 0.4) is 0 Å². The van der Waals surface area contributed by atoms with E-state index in [4.69, 9.17) is 35.3 Å². The third-order valence-electron chi connectivity index (χ3n) is 6.65. The zero-order valence-corrected chi connectivity index (χ0v) is 21.9. The molecule has 2 unspecified atom stereocenters. The molecule has 0 spiro atoms. The van der Waals surface area contributed by atoms with Crippen LogP contribution < -0.4 is 14.8 Å². The van der Waals surface area contributed by atoms with Crippen LogP contribution in [0.15, 0.2) is 23.2 Å². The Morgan fingerprint density at radius 3 is 2.76 bits per heavy atom. The van der Waals surface area contributed by atoms with Crippen molar-refractivity contribution in [3.63, 3.8) is 0 Å². The minimum absolute atomic E-state index is 0.0615. The molecule has 3 aliphatic rings. The lowest BCUT2D eigenvalue weighted by Crippen LogP contribution is -2.41. The highest BCUT2D eigenvalue weighted by atomic mass is 35.5. The molecule has 3 aliphatic heterocycles. The van der Waals surface area contributed by atoms with Gasteiger partial charge in [0, 0.05) is 30.3 Å². The first-order valence-electron chi connectivity index (χ1n) is 11.7. The zero-order chi connectivity index (χ0) is 26.7. The van der Waals surface area contributed by atoms with E-state index in [-0.39, 0.29) is 43.0 Å². The van der Waals surface area contributed by atoms with E-state index in [0.29, 0.717) is 46.9 Å². The molecule has 0 fully saturated rings. The van der Waals surface area contributed by atoms with Crippen molar-refractivity contribution >= 4 is 23.5 Å². The van der Waals surface area contributed by atoms with Gasteiger partial charge in [-0.15, -0.1) is 11.6 Å². The summed E-state index contributed by atoms with van der Waals surface area (Å²) in [5.74, 6) is 6.74. The van der Waals surface area contributed by atoms with Crippen LogP contribution in [0.5, 0.6) is 17.2 Å². The van der Waals surface area contributed by atoms with E-state index in [9.17, 15) is 14.7 Å². The van der Waals surface area contributed by atoms with Gasteiger partial charge in [0.1, 0.15) is 17.4 Å². The predicted molar refractivity (Wildman–Crippen MR) is 133 cm³/mol. The highest BCUT2D eigenvalue weighted by molar-refractivity contribution is 6.27. The number of halogens is 1. The van der Waals surface area contributed by atoms with Crippen molar-refractivity contribution < 1.29 is 38.4 Å². The average Bonchev–Trinajstić information content (AvgIpc) is 3.53. The first-order valence-corrected chi connectivity index (χ1v) is 12.2. The number of hydrogen-bond acceptors (Lipinski definition) is 9. The monoisotopic (exact) mass is 532 g/mol. The quantitative estimate of drug-likeness (QED) is 0.236. The molecule has 1 amide bonds. The number of allylic oxidation sites excluding steroid dienone is 2. The molecule has 4 rings (SSSR count). The normalized spacial score (nSPS) is 20.7. The van der Waals surface area contributed by atoms with Crippen molar-refractivity contribution in [2.24, 2.45) is 0 Å². The lowest BCUT2D eigenvalue weighted by molar-refractivity contribution is -0.141. The molecule has 0 radical (unpaired) electrons. The fraction of sp³-hybridized carbons (Fsp3) is 0.462. The summed E-state index contributed by atoms with van der Waals surface area (Å²) in [6.07, 6.45) is 1.45. The minimum Gasteiger partial charge on any atom is -0.504 e. The molecule has 0 bridgehead atoms. The molecule has 3 heterocycles. The van der Waals surface area contributed by atoms with Gasteiger partial charge in [-0.05, 0) is 26.0 Å². The Hall–Kier alpha value is -3.55. The van der Waals surface area contributed by atoms with Gasteiger partial charge >= 0.3 is 5.97 Å². The number of fused-ring (bicyclic) bond motifs is 2. The molecule has 10 nitrogen and oxygen atoms in total. The standard InChI is InChI=1S/C26H29ClN2O8/c1-14(33-3)18(34-4)7-5-6-15-10-20(31)37-24(15)22-21-16(8-9-29(22)2)17(12-28-19(30)11-27)25-26(23(21)32)36-13-35-25/h10,22,24,32H,7-9,11-13H2,1-4H3,(H,28,30)/b18-14-. The molecule has 37 heavy (non-hydrogen) atoms. The number of cyclic esters (lactones) is 1. The van der Waals surface area contributed by atoms with Gasteiger partial charge in [0.2, 0.25) is 18.4 Å². The van der Waals surface area contributed by atoms with Crippen LogP contribution in [-0.4, -0.2) is 68.5 Å². The molecule has 0 saturated heterocycles. The van der Waals surface area contributed by atoms with Crippen molar-refractivity contribution in [2.75, 3.05) is 40.5 Å². The Balaban J connectivity index is 1.74. The number of ether oxygens (including phenoxy) is 5. The van der Waals surface area contributed by atoms with E-state index >= 15 is 0 Å². The first kappa shape index (κ1) is 26.5. The van der Waals surface area contributed by atoms with Crippen molar-refractivity contribution in [3.8, 4) is 29.1 Å². The molecule has 2 N–H and O–H groups in total. The number of nitrogens with zero attached hydrogens (tertiary/aromatic N) is 1. The number of hydrogen-bond donors (Lipinski definition) is 2. The van der Waals surface area contributed by atoms with Gasteiger partial charge < -0.3 is 34.1 Å². The summed E-state index contributed by atoms with van der Waals surface area (Å²) in [6.45, 7) is 2.46. The van der Waals surface area contributed by atoms with Gasteiger partial charge in [-0.1, -0.05) is 11.8 Å². The zero-order valence-electron chi connectivity index (χ0n) is 21.1. The van der Waals surface area contributed by atoms with E-state index in [1.807, 2.05) is 11.9 Å². The highest BCUT2D eigenvalue weighted by Crippen LogP contribution is 2.53. The lowest BCUT2D eigenvalue weighted by Gasteiger charge is -2.39. The maximum absolute atomic E-state index is 12.4. The number of benzene rings is 1. The second-order valence-electron chi connectivity index (χ2n) is 8.69. The molecule has 0 aliphatic carbocycles. The lowest BCUT2D eigenvalue weighted by atomic mass is 9.83. The molecule has 0 saturated carbocycles. The van der Waals surface area contributed by atoms with E-state index in [1.54, 1.807) is 14.0 Å². The summed E-state index contributed by atoms with van der Waals surface area (Å²) in [4.78, 5) is 26.3. The Bertz CT molecular complexity index is 1230. The summed E-state index contributed by atoms with van der Waals surface area (Å²) < 4.78 is 27.5. The Kier molecular flexibility index (Phi) is 8.05. The topological polar surface area (TPSA) is 116 Å². The van der Waals surface area contributed by atoms with E-state index in [0.717, 1.165) is 5.56 Å². The number of nitrogens with one attached hydrogen (secondary N) is 1. The second kappa shape index (κ2) is 11.2. The van der Waals surface area contributed by atoms with Crippen molar-refractivity contribution in [1.82, 2.24) is 10.2 Å². The van der Waals surface area contributed by atoms with Crippen LogP contribution in [0.1, 0.15) is 36.1 Å². The maximum Gasteiger partial charge on any atom is 0.332 e. The van der Waals surface area contributed by atoms with Gasteiger partial charge in [-0.3, -0.25) is 9.69 Å². The van der Waals surface area contributed by atoms with Crippen LogP contribution in [0, 0.1) is 11.8 Å². The molecule has 198 valence electrons. The van der Waals surface area contributed by atoms with E-state index in [1.165, 1.54) is 13.2 Å². The number of alkyl halides is 1. The van der Waals surface area contributed by atoms with Crippen LogP contribution in [-0.2, 0) is 36.8 Å². The largest absolute Gasteiger partial charge is 0.504 e. The number of carbonyl (C=O) groups excluding carboxylic acids is 2. The number of phenolic OH excluding ortho intramolecular Hbond substituents is 1. The smallest absolute Gasteiger partial charge is 0.332 e. The van der Waals surface area contributed by atoms with Crippen LogP contribution in [0.25, 0.3) is 0 Å². The molecule has 1 aromatic rings. The number of amides is 1. The van der Waals surface area contributed by atoms with Gasteiger partial charge in [-0.25, -0.2) is 4.79 Å². The fourth-order valence-electron chi connectivity index (χ4n) is 4.75. The first-order chi connectivity index (χ1) is 17.8. The number of carbonyl (C=O) groups is 2. The van der Waals surface area contributed by atoms with E-state index < -0.39 is 18.1 Å². The van der Waals surface area contributed by atoms with Gasteiger partial charge in [-0.2, -0.15) is 0 Å². The number of methoxy groups -OCH3 is 2. The number of rotatable bonds is 7. The highest BCUT2D eigenvalue weighted by Gasteiger charge is 2.44. The van der Waals surface area contributed by atoms with Gasteiger partial charge in [0.25, 0.3) is 0 Å². The number of aromatic hydroxyl groups is 1. The molecule has 0 aromatic heterocycles. The van der Waals surface area contributed by atoms with Crippen molar-refractivity contribution in [2.45, 2.75) is 38.5 Å². The van der Waals surface area contributed by atoms with Crippen LogP contribution in [0.2, 0.25) is 0 Å². The Morgan fingerprint density at radius 1 is 1.30 bits per heavy atom. The summed E-state index contributed by atoms with van der Waals surface area (Å²) in [5, 5.41) is 14.1. The summed E-state index contributed by atoms with van der Waals surface area (Å²) in [6, 6.07) is -0.550.